The summed E-state index contributed by atoms with van der Waals surface area (Å²) in [4.78, 5) is 28.7. The number of likely N-dealkylation sites (tertiary alicyclic amines) is 1. The number of hydrazine groups is 1. The molecule has 4 fully saturated rings. The SMILES string of the molecule is CC(C)N(C(=O)c1cc(F)ccc1Oc1cncnc1N1CC2(CCN(C[C@@H]3CC[C@@H](N(N4CCC4)S(=O)O)CO3)CC2)C1)C(C)C. The minimum absolute atomic E-state index is 0.0523. The average molecular weight is 674 g/mol. The number of halogens is 1. The largest absolute Gasteiger partial charge is 0.451 e. The molecule has 1 unspecified atom stereocenters. The van der Waals surface area contributed by atoms with Gasteiger partial charge in [0, 0.05) is 50.2 Å². The molecule has 0 bridgehead atoms. The average Bonchev–Trinajstić information content (AvgIpc) is 2.99. The van der Waals surface area contributed by atoms with Crippen LogP contribution in [-0.2, 0) is 16.0 Å². The van der Waals surface area contributed by atoms with Crippen molar-refractivity contribution in [3.05, 3.63) is 42.1 Å². The Morgan fingerprint density at radius 3 is 2.45 bits per heavy atom. The van der Waals surface area contributed by atoms with E-state index in [2.05, 4.69) is 19.8 Å². The Morgan fingerprint density at radius 1 is 1.13 bits per heavy atom. The number of benzene rings is 1. The van der Waals surface area contributed by atoms with E-state index < -0.39 is 17.1 Å². The van der Waals surface area contributed by atoms with Gasteiger partial charge in [0.05, 0.1) is 30.5 Å². The lowest BCUT2D eigenvalue weighted by molar-refractivity contribution is -0.0996. The van der Waals surface area contributed by atoms with Gasteiger partial charge in [-0.25, -0.2) is 23.6 Å². The molecule has 0 radical (unpaired) electrons. The highest BCUT2D eigenvalue weighted by Gasteiger charge is 2.46. The highest BCUT2D eigenvalue weighted by Crippen LogP contribution is 2.45. The van der Waals surface area contributed by atoms with Gasteiger partial charge < -0.3 is 24.2 Å². The van der Waals surface area contributed by atoms with Gasteiger partial charge in [-0.05, 0) is 91.1 Å². The lowest BCUT2D eigenvalue weighted by atomic mass is 9.72. The van der Waals surface area contributed by atoms with Crippen molar-refractivity contribution in [3.8, 4) is 11.5 Å². The van der Waals surface area contributed by atoms with E-state index in [0.29, 0.717) is 18.2 Å². The number of hydrogen-bond acceptors (Lipinski definition) is 9. The van der Waals surface area contributed by atoms with Gasteiger partial charge in [-0.1, -0.05) is 0 Å². The fourth-order valence-corrected chi connectivity index (χ4v) is 8.27. The van der Waals surface area contributed by atoms with Gasteiger partial charge in [0.2, 0.25) is 11.3 Å². The molecule has 0 saturated carbocycles. The first-order valence-corrected chi connectivity index (χ1v) is 17.9. The zero-order valence-electron chi connectivity index (χ0n) is 27.9. The molecule has 1 aromatic carbocycles. The van der Waals surface area contributed by atoms with Gasteiger partial charge in [-0.2, -0.15) is 0 Å². The van der Waals surface area contributed by atoms with Gasteiger partial charge in [0.25, 0.3) is 5.91 Å². The van der Waals surface area contributed by atoms with Gasteiger partial charge in [0.15, 0.2) is 11.6 Å². The quantitative estimate of drug-likeness (QED) is 0.349. The third-order valence-corrected chi connectivity index (χ3v) is 10.9. The molecule has 6 rings (SSSR count). The molecule has 1 aromatic heterocycles. The summed E-state index contributed by atoms with van der Waals surface area (Å²) in [5, 5.41) is 1.96. The van der Waals surface area contributed by atoms with Crippen LogP contribution < -0.4 is 9.64 Å². The van der Waals surface area contributed by atoms with E-state index in [-0.39, 0.29) is 46.9 Å². The third-order valence-electron chi connectivity index (χ3n) is 10.1. The zero-order valence-corrected chi connectivity index (χ0v) is 28.7. The minimum Gasteiger partial charge on any atom is -0.451 e. The summed E-state index contributed by atoms with van der Waals surface area (Å²) >= 11 is -2.02. The Hall–Kier alpha value is -2.75. The number of nitrogens with zero attached hydrogens (tertiary/aromatic N) is 7. The van der Waals surface area contributed by atoms with Crippen LogP contribution >= 0.6 is 0 Å². The normalized spacial score (nSPS) is 24.0. The number of carbonyl (C=O) groups is 1. The summed E-state index contributed by atoms with van der Waals surface area (Å²) in [6, 6.07) is 3.85. The highest BCUT2D eigenvalue weighted by atomic mass is 32.2. The molecule has 1 spiro atoms. The highest BCUT2D eigenvalue weighted by molar-refractivity contribution is 7.76. The monoisotopic (exact) mass is 673 g/mol. The van der Waals surface area contributed by atoms with Crippen LogP contribution in [-0.4, -0.2) is 121 Å². The maximum absolute atomic E-state index is 14.4. The standard InChI is InChI=1S/C33H48FN7O5S/c1-23(2)40(24(3)4)32(42)28-16-25(34)6-9-29(28)46-30-17-35-22-36-31(30)38-20-33(21-38)10-14-37(15-11-33)18-27-8-7-26(19-45-27)41(47(43)44)39-12-5-13-39/h6,9,16-17,22-24,26-27H,5,7-8,10-15,18-21H2,1-4H3,(H,43,44)/t26-,27+/m1/s1. The van der Waals surface area contributed by atoms with E-state index in [1.54, 1.807) is 15.5 Å². The number of piperidine rings is 1. The number of carbonyl (C=O) groups excluding carboxylic acids is 1. The molecule has 258 valence electrons. The summed E-state index contributed by atoms with van der Waals surface area (Å²) in [5.74, 6) is 0.594. The minimum atomic E-state index is -2.02. The molecule has 0 aliphatic carbocycles. The van der Waals surface area contributed by atoms with Crippen molar-refractivity contribution in [1.82, 2.24) is 29.2 Å². The summed E-state index contributed by atoms with van der Waals surface area (Å²) in [6.07, 6.45) is 8.18. The number of aromatic nitrogens is 2. The fourth-order valence-electron chi connectivity index (χ4n) is 7.49. The maximum atomic E-state index is 14.4. The molecule has 4 aliphatic heterocycles. The Labute approximate surface area is 279 Å². The van der Waals surface area contributed by atoms with Gasteiger partial charge in [-0.3, -0.25) is 9.35 Å². The van der Waals surface area contributed by atoms with Crippen molar-refractivity contribution < 1.29 is 27.4 Å². The number of hydrogen-bond donors (Lipinski definition) is 1. The third kappa shape index (κ3) is 7.47. The van der Waals surface area contributed by atoms with Gasteiger partial charge in [0.1, 0.15) is 17.9 Å². The Morgan fingerprint density at radius 2 is 1.85 bits per heavy atom. The molecule has 4 saturated heterocycles. The van der Waals surface area contributed by atoms with E-state index >= 15 is 0 Å². The lowest BCUT2D eigenvalue weighted by Gasteiger charge is -2.54. The second-order valence-corrected chi connectivity index (χ2v) is 14.9. The van der Waals surface area contributed by atoms with Crippen molar-refractivity contribution in [2.45, 2.75) is 84.0 Å². The molecule has 3 atom stereocenters. The summed E-state index contributed by atoms with van der Waals surface area (Å²) in [5.41, 5.74) is 0.371. The van der Waals surface area contributed by atoms with Crippen LogP contribution in [0.5, 0.6) is 11.5 Å². The number of ether oxygens (including phenoxy) is 2. The van der Waals surface area contributed by atoms with E-state index in [9.17, 15) is 17.9 Å². The van der Waals surface area contributed by atoms with E-state index in [1.165, 1.54) is 24.5 Å². The number of amides is 1. The molecular weight excluding hydrogens is 625 g/mol. The predicted molar refractivity (Wildman–Crippen MR) is 177 cm³/mol. The second kappa shape index (κ2) is 14.4. The van der Waals surface area contributed by atoms with Crippen molar-refractivity contribution in [1.29, 1.82) is 0 Å². The van der Waals surface area contributed by atoms with Crippen LogP contribution in [0.2, 0.25) is 0 Å². The first-order chi connectivity index (χ1) is 22.5. The first kappa shape index (κ1) is 34.1. The molecular formula is C33H48FN7O5S. The van der Waals surface area contributed by atoms with E-state index in [4.69, 9.17) is 9.47 Å². The van der Waals surface area contributed by atoms with Crippen LogP contribution in [0.25, 0.3) is 0 Å². The van der Waals surface area contributed by atoms with Crippen LogP contribution in [0.4, 0.5) is 10.2 Å². The summed E-state index contributed by atoms with van der Waals surface area (Å²) in [6.45, 7) is 14.5. The molecule has 14 heteroatoms. The molecule has 1 amide bonds. The maximum Gasteiger partial charge on any atom is 0.258 e. The van der Waals surface area contributed by atoms with Crippen LogP contribution in [0.3, 0.4) is 0 Å². The fraction of sp³-hybridized carbons (Fsp3) is 0.667. The van der Waals surface area contributed by atoms with Crippen molar-refractivity contribution in [3.63, 3.8) is 0 Å². The number of anilines is 1. The van der Waals surface area contributed by atoms with Crippen LogP contribution in [0.15, 0.2) is 30.7 Å². The topological polar surface area (TPSA) is 115 Å². The Kier molecular flexibility index (Phi) is 10.4. The van der Waals surface area contributed by atoms with Gasteiger partial charge in [-0.15, -0.1) is 4.41 Å². The lowest BCUT2D eigenvalue weighted by Crippen LogP contribution is -2.61. The Bertz CT molecular complexity index is 1410. The molecule has 4 aliphatic rings. The molecule has 12 nitrogen and oxygen atoms in total. The zero-order chi connectivity index (χ0) is 33.3. The molecule has 2 aromatic rings. The number of rotatable bonds is 11. The van der Waals surface area contributed by atoms with Crippen LogP contribution in [0, 0.1) is 11.2 Å². The van der Waals surface area contributed by atoms with E-state index in [0.717, 1.165) is 77.9 Å². The van der Waals surface area contributed by atoms with Crippen LogP contribution in [0.1, 0.15) is 70.2 Å². The molecule has 47 heavy (non-hydrogen) atoms. The second-order valence-electron chi connectivity index (χ2n) is 14.0. The summed E-state index contributed by atoms with van der Waals surface area (Å²) in [7, 11) is 0. The first-order valence-electron chi connectivity index (χ1n) is 16.9. The van der Waals surface area contributed by atoms with Crippen molar-refractivity contribution in [2.75, 3.05) is 57.3 Å². The summed E-state index contributed by atoms with van der Waals surface area (Å²) < 4.78 is 50.2. The smallest absolute Gasteiger partial charge is 0.258 e. The Balaban J connectivity index is 1.03. The molecule has 1 N–H and O–H groups in total. The van der Waals surface area contributed by atoms with E-state index in [1.807, 2.05) is 32.7 Å². The van der Waals surface area contributed by atoms with Crippen molar-refractivity contribution >= 4 is 23.0 Å². The molecule has 5 heterocycles. The van der Waals surface area contributed by atoms with Crippen molar-refractivity contribution in [2.24, 2.45) is 5.41 Å². The van der Waals surface area contributed by atoms with Gasteiger partial charge >= 0.3 is 0 Å². The predicted octanol–water partition coefficient (Wildman–Crippen LogP) is 4.18.